The summed E-state index contributed by atoms with van der Waals surface area (Å²) >= 11 is 0. The zero-order chi connectivity index (χ0) is 5.28. The van der Waals surface area contributed by atoms with E-state index in [1.165, 1.54) is 19.3 Å². The molecule has 1 aliphatic rings. The van der Waals surface area contributed by atoms with Gasteiger partial charge in [0.15, 0.2) is 0 Å². The molecule has 0 amide bonds. The van der Waals surface area contributed by atoms with Crippen LogP contribution in [-0.4, -0.2) is 0 Å². The fourth-order valence-corrected chi connectivity index (χ4v) is 1.18. The third-order valence-electron chi connectivity index (χ3n) is 2.05. The van der Waals surface area contributed by atoms with Crippen molar-refractivity contribution in [2.24, 2.45) is 5.92 Å². The van der Waals surface area contributed by atoms with Gasteiger partial charge in [0.05, 0.1) is 0 Å². The second kappa shape index (κ2) is 3.59. The van der Waals surface area contributed by atoms with Crippen molar-refractivity contribution < 1.29 is 18.9 Å². The zero-order valence-corrected chi connectivity index (χ0v) is 6.20. The van der Waals surface area contributed by atoms with Gasteiger partial charge in [-0.3, -0.25) is 0 Å². The van der Waals surface area contributed by atoms with Crippen molar-refractivity contribution >= 4 is 0 Å². The molecule has 0 N–H and O–H groups in total. The molecular formula is C7H13Li. The number of hydrogen-bond donors (Lipinski definition) is 0. The van der Waals surface area contributed by atoms with E-state index in [0.717, 1.165) is 5.92 Å². The van der Waals surface area contributed by atoms with E-state index in [9.17, 15) is 0 Å². The molecule has 1 fully saturated rings. The third-order valence-corrected chi connectivity index (χ3v) is 2.05. The standard InChI is InChI=1S/C7H13.Li/c1-6-4-3-5-7(6)2;/h6H,3-5H2,1-2H3;/q-1;+1. The summed E-state index contributed by atoms with van der Waals surface area (Å²) in [6.45, 7) is 4.60. The molecule has 0 aromatic rings. The van der Waals surface area contributed by atoms with E-state index in [4.69, 9.17) is 0 Å². The maximum absolute atomic E-state index is 2.32. The molecule has 0 nitrogen and oxygen atoms in total. The van der Waals surface area contributed by atoms with Crippen molar-refractivity contribution in [1.29, 1.82) is 0 Å². The largest absolute Gasteiger partial charge is 1.00 e. The van der Waals surface area contributed by atoms with Gasteiger partial charge in [0.1, 0.15) is 0 Å². The van der Waals surface area contributed by atoms with Gasteiger partial charge in [0, 0.05) is 0 Å². The summed E-state index contributed by atoms with van der Waals surface area (Å²) in [5, 5.41) is 0. The van der Waals surface area contributed by atoms with Crippen molar-refractivity contribution in [3.8, 4) is 0 Å². The molecule has 1 saturated carbocycles. The van der Waals surface area contributed by atoms with Gasteiger partial charge in [-0.05, 0) is 0 Å². The summed E-state index contributed by atoms with van der Waals surface area (Å²) in [5.74, 6) is 2.64. The van der Waals surface area contributed by atoms with E-state index in [1.807, 2.05) is 0 Å². The first-order chi connectivity index (χ1) is 3.30. The molecule has 0 spiro atoms. The summed E-state index contributed by atoms with van der Waals surface area (Å²) in [6, 6.07) is 0. The summed E-state index contributed by atoms with van der Waals surface area (Å²) in [4.78, 5) is 0. The first-order valence-electron chi connectivity index (χ1n) is 3.13. The van der Waals surface area contributed by atoms with Crippen LogP contribution in [0.1, 0.15) is 33.1 Å². The molecule has 0 heterocycles. The maximum atomic E-state index is 2.32. The molecule has 0 saturated heterocycles. The van der Waals surface area contributed by atoms with E-state index < -0.39 is 0 Å². The van der Waals surface area contributed by atoms with Crippen molar-refractivity contribution in [2.45, 2.75) is 33.1 Å². The second-order valence-corrected chi connectivity index (χ2v) is 2.64. The molecule has 1 aliphatic carbocycles. The van der Waals surface area contributed by atoms with Crippen LogP contribution in [-0.2, 0) is 0 Å². The Kier molecular flexibility index (Phi) is 3.86. The Morgan fingerprint density at radius 3 is 2.25 bits per heavy atom. The molecule has 8 heavy (non-hydrogen) atoms. The minimum absolute atomic E-state index is 0. The Labute approximate surface area is 64.2 Å². The molecule has 1 heteroatoms. The van der Waals surface area contributed by atoms with Crippen molar-refractivity contribution in [3.05, 3.63) is 5.92 Å². The van der Waals surface area contributed by atoms with Crippen molar-refractivity contribution in [3.63, 3.8) is 0 Å². The minimum Gasteiger partial charge on any atom is -0.314 e. The molecule has 0 aromatic heterocycles. The average Bonchev–Trinajstić information content (AvgIpc) is 1.91. The van der Waals surface area contributed by atoms with Crippen molar-refractivity contribution in [1.82, 2.24) is 0 Å². The van der Waals surface area contributed by atoms with E-state index >= 15 is 0 Å². The predicted molar refractivity (Wildman–Crippen MR) is 31.9 cm³/mol. The van der Waals surface area contributed by atoms with Crippen LogP contribution in [0.2, 0.25) is 0 Å². The Morgan fingerprint density at radius 2 is 2.12 bits per heavy atom. The van der Waals surface area contributed by atoms with Gasteiger partial charge in [-0.1, -0.05) is 19.8 Å². The van der Waals surface area contributed by atoms with Crippen LogP contribution < -0.4 is 18.9 Å². The summed E-state index contributed by atoms with van der Waals surface area (Å²) < 4.78 is 0. The fraction of sp³-hybridized carbons (Fsp3) is 0.857. The minimum atomic E-state index is 0. The van der Waals surface area contributed by atoms with Gasteiger partial charge >= 0.3 is 18.9 Å². The van der Waals surface area contributed by atoms with Crippen LogP contribution in [0.3, 0.4) is 0 Å². The van der Waals surface area contributed by atoms with E-state index in [0.29, 0.717) is 0 Å². The topological polar surface area (TPSA) is 0 Å². The Morgan fingerprint density at radius 1 is 1.50 bits per heavy atom. The molecular weight excluding hydrogens is 91.0 g/mol. The van der Waals surface area contributed by atoms with E-state index in [1.54, 1.807) is 5.92 Å². The van der Waals surface area contributed by atoms with E-state index in [2.05, 4.69) is 13.8 Å². The van der Waals surface area contributed by atoms with E-state index in [-0.39, 0.29) is 18.9 Å². The van der Waals surface area contributed by atoms with Gasteiger partial charge in [-0.25, -0.2) is 0 Å². The van der Waals surface area contributed by atoms with Gasteiger partial charge in [-0.2, -0.15) is 19.3 Å². The number of hydrogen-bond acceptors (Lipinski definition) is 0. The summed E-state index contributed by atoms with van der Waals surface area (Å²) in [5.41, 5.74) is 0. The molecule has 1 unspecified atom stereocenters. The SMILES string of the molecule is C[C-]1CCCC1C.[Li+]. The maximum Gasteiger partial charge on any atom is 1.00 e. The molecule has 0 aliphatic heterocycles. The van der Waals surface area contributed by atoms with Crippen molar-refractivity contribution in [2.75, 3.05) is 0 Å². The Bertz CT molecular complexity index is 53.4. The van der Waals surface area contributed by atoms with Crippen LogP contribution in [0, 0.1) is 11.8 Å². The first kappa shape index (κ1) is 8.60. The molecule has 0 radical (unpaired) electrons. The monoisotopic (exact) mass is 104 g/mol. The zero-order valence-electron chi connectivity index (χ0n) is 6.20. The predicted octanol–water partition coefficient (Wildman–Crippen LogP) is -0.595. The summed E-state index contributed by atoms with van der Waals surface area (Å²) in [7, 11) is 0. The van der Waals surface area contributed by atoms with Crippen LogP contribution >= 0.6 is 0 Å². The van der Waals surface area contributed by atoms with Gasteiger partial charge < -0.3 is 5.92 Å². The van der Waals surface area contributed by atoms with Crippen LogP contribution in [0.15, 0.2) is 0 Å². The van der Waals surface area contributed by atoms with Gasteiger partial charge in [-0.15, -0.1) is 0 Å². The summed E-state index contributed by atoms with van der Waals surface area (Å²) in [6.07, 6.45) is 4.26. The number of rotatable bonds is 0. The molecule has 42 valence electrons. The van der Waals surface area contributed by atoms with Crippen LogP contribution in [0.25, 0.3) is 0 Å². The Balaban J connectivity index is 0.000000490. The van der Waals surface area contributed by atoms with Gasteiger partial charge in [0.2, 0.25) is 0 Å². The quantitative estimate of drug-likeness (QED) is 0.284. The molecule has 1 atom stereocenters. The van der Waals surface area contributed by atoms with Gasteiger partial charge in [0.25, 0.3) is 0 Å². The first-order valence-corrected chi connectivity index (χ1v) is 3.13. The third kappa shape index (κ3) is 1.84. The molecule has 0 bridgehead atoms. The average molecular weight is 104 g/mol. The molecule has 0 aromatic carbocycles. The smallest absolute Gasteiger partial charge is 0.314 e. The second-order valence-electron chi connectivity index (χ2n) is 2.64. The fourth-order valence-electron chi connectivity index (χ4n) is 1.18. The van der Waals surface area contributed by atoms with Crippen LogP contribution in [0.5, 0.6) is 0 Å². The Hall–Kier alpha value is 0.597. The van der Waals surface area contributed by atoms with Crippen LogP contribution in [0.4, 0.5) is 0 Å². The molecule has 1 rings (SSSR count). The normalized spacial score (nSPS) is 30.0.